The van der Waals surface area contributed by atoms with Crippen LogP contribution in [-0.2, 0) is 24.3 Å². The lowest BCUT2D eigenvalue weighted by Gasteiger charge is -2.22. The number of ketones is 1. The summed E-state index contributed by atoms with van der Waals surface area (Å²) in [5, 5.41) is 10.2. The maximum atomic E-state index is 13.2. The van der Waals surface area contributed by atoms with Crippen molar-refractivity contribution in [3.63, 3.8) is 0 Å². The molecule has 0 spiro atoms. The van der Waals surface area contributed by atoms with Crippen LogP contribution in [0, 0.1) is 11.5 Å². The number of hydrogen-bond donors (Lipinski definition) is 1. The Morgan fingerprint density at radius 1 is 1.10 bits per heavy atom. The molecule has 0 radical (unpaired) electrons. The number of benzene rings is 1. The molecule has 160 valence electrons. The van der Waals surface area contributed by atoms with Crippen LogP contribution < -0.4 is 0 Å². The van der Waals surface area contributed by atoms with Crippen LogP contribution in [0.1, 0.15) is 0 Å². The van der Waals surface area contributed by atoms with Gasteiger partial charge in [-0.05, 0) is 12.1 Å². The predicted octanol–water partition coefficient (Wildman–Crippen LogP) is 2.61. The van der Waals surface area contributed by atoms with Crippen LogP contribution in [0.25, 0.3) is 0 Å². The summed E-state index contributed by atoms with van der Waals surface area (Å²) in [6.07, 6.45) is 0. The number of methoxy groups -OCH3 is 2. The van der Waals surface area contributed by atoms with Gasteiger partial charge in [0.1, 0.15) is 8.07 Å². The largest absolute Gasteiger partial charge is 0.498 e. The number of carbonyl (C=O) groups is 1. The standard InChI is InChI=1S/C21H25NO6SSi/c1-27-20-18(23)14-16(19(24)21(20)28-2)15-22(12-9-13-30(3,4)5)29(25,26)17-10-7-6-8-11-17/h6-8,10-11,23H,12,15H2,1-5H3. The molecular formula is C21H25NO6SSi. The zero-order valence-electron chi connectivity index (χ0n) is 17.6. The van der Waals surface area contributed by atoms with Crippen molar-refractivity contribution < 1.29 is 27.8 Å². The fourth-order valence-corrected chi connectivity index (χ4v) is 4.57. The van der Waals surface area contributed by atoms with E-state index >= 15 is 0 Å². The Morgan fingerprint density at radius 2 is 1.70 bits per heavy atom. The number of ether oxygens (including phenoxy) is 2. The number of rotatable bonds is 7. The summed E-state index contributed by atoms with van der Waals surface area (Å²) < 4.78 is 37.5. The molecule has 2 rings (SSSR count). The molecule has 0 aromatic heterocycles. The van der Waals surface area contributed by atoms with Gasteiger partial charge in [-0.2, -0.15) is 4.31 Å². The van der Waals surface area contributed by atoms with Crippen LogP contribution in [0.4, 0.5) is 0 Å². The van der Waals surface area contributed by atoms with Gasteiger partial charge in [0.2, 0.25) is 33.1 Å². The molecule has 0 fully saturated rings. The summed E-state index contributed by atoms with van der Waals surface area (Å²) in [5.41, 5.74) is 5.58. The molecule has 0 bridgehead atoms. The second-order valence-corrected chi connectivity index (χ2v) is 14.2. The molecule has 1 aliphatic rings. The minimum atomic E-state index is -3.95. The molecule has 0 saturated carbocycles. The Morgan fingerprint density at radius 3 is 2.23 bits per heavy atom. The normalized spacial score (nSPS) is 14.7. The van der Waals surface area contributed by atoms with Crippen molar-refractivity contribution in [3.8, 4) is 11.5 Å². The summed E-state index contributed by atoms with van der Waals surface area (Å²) in [5.74, 6) is 1.52. The average Bonchev–Trinajstić information content (AvgIpc) is 2.68. The lowest BCUT2D eigenvalue weighted by Crippen LogP contribution is -2.35. The van der Waals surface area contributed by atoms with Gasteiger partial charge in [-0.25, -0.2) is 8.42 Å². The number of nitrogens with zero attached hydrogens (tertiary/aromatic N) is 1. The van der Waals surface area contributed by atoms with Gasteiger partial charge in [-0.15, -0.1) is 5.54 Å². The first kappa shape index (κ1) is 23.5. The van der Waals surface area contributed by atoms with Gasteiger partial charge in [0.25, 0.3) is 0 Å². The molecule has 0 heterocycles. The number of aliphatic hydroxyl groups is 1. The highest BCUT2D eigenvalue weighted by molar-refractivity contribution is 7.89. The summed E-state index contributed by atoms with van der Waals surface area (Å²) in [7, 11) is -3.13. The maximum Gasteiger partial charge on any atom is 0.244 e. The predicted molar refractivity (Wildman–Crippen MR) is 116 cm³/mol. The zero-order valence-corrected chi connectivity index (χ0v) is 19.5. The van der Waals surface area contributed by atoms with E-state index in [1.54, 1.807) is 18.2 Å². The van der Waals surface area contributed by atoms with Crippen LogP contribution in [0.15, 0.2) is 63.8 Å². The highest BCUT2D eigenvalue weighted by Crippen LogP contribution is 2.24. The molecule has 0 aliphatic heterocycles. The molecule has 0 unspecified atom stereocenters. The first-order chi connectivity index (χ1) is 14.0. The molecule has 30 heavy (non-hydrogen) atoms. The first-order valence-corrected chi connectivity index (χ1v) is 14.1. The van der Waals surface area contributed by atoms with E-state index in [0.717, 1.165) is 4.31 Å². The van der Waals surface area contributed by atoms with Crippen LogP contribution in [0.2, 0.25) is 19.6 Å². The third-order valence-electron chi connectivity index (χ3n) is 4.01. The Balaban J connectivity index is 2.50. The lowest BCUT2D eigenvalue weighted by atomic mass is 10.0. The van der Waals surface area contributed by atoms with Gasteiger partial charge in [-0.1, -0.05) is 49.5 Å². The molecular weight excluding hydrogens is 422 g/mol. The Bertz CT molecular complexity index is 1080. The van der Waals surface area contributed by atoms with Gasteiger partial charge in [-0.3, -0.25) is 4.79 Å². The van der Waals surface area contributed by atoms with E-state index in [9.17, 15) is 18.3 Å². The quantitative estimate of drug-likeness (QED) is 0.392. The van der Waals surface area contributed by atoms with E-state index in [1.807, 2.05) is 19.6 Å². The smallest absolute Gasteiger partial charge is 0.244 e. The fourth-order valence-electron chi connectivity index (χ4n) is 2.63. The van der Waals surface area contributed by atoms with E-state index < -0.39 is 29.6 Å². The number of sulfonamides is 1. The van der Waals surface area contributed by atoms with Crippen molar-refractivity contribution in [1.29, 1.82) is 0 Å². The molecule has 1 aromatic rings. The summed E-state index contributed by atoms with van der Waals surface area (Å²) in [6, 6.07) is 7.90. The van der Waals surface area contributed by atoms with Crippen molar-refractivity contribution in [2.45, 2.75) is 24.5 Å². The van der Waals surface area contributed by atoms with Crippen molar-refractivity contribution in [1.82, 2.24) is 4.31 Å². The molecule has 9 heteroatoms. The number of Topliss-reactive ketones (excluding diaryl/α,β-unsaturated/α-hetero) is 1. The van der Waals surface area contributed by atoms with E-state index in [2.05, 4.69) is 17.2 Å². The molecule has 7 nitrogen and oxygen atoms in total. The zero-order chi connectivity index (χ0) is 22.5. The van der Waals surface area contributed by atoms with Gasteiger partial charge < -0.3 is 14.6 Å². The van der Waals surface area contributed by atoms with E-state index in [0.29, 0.717) is 0 Å². The molecule has 1 aromatic carbocycles. The highest BCUT2D eigenvalue weighted by atomic mass is 32.2. The molecule has 0 amide bonds. The van der Waals surface area contributed by atoms with E-state index in [-0.39, 0.29) is 35.1 Å². The van der Waals surface area contributed by atoms with Crippen LogP contribution in [0.5, 0.6) is 0 Å². The fraction of sp³-hybridized carbons (Fsp3) is 0.333. The minimum Gasteiger partial charge on any atom is -0.498 e. The first-order valence-electron chi connectivity index (χ1n) is 9.12. The van der Waals surface area contributed by atoms with Crippen molar-refractivity contribution in [2.24, 2.45) is 0 Å². The average molecular weight is 448 g/mol. The monoisotopic (exact) mass is 447 g/mol. The Labute approximate surface area is 178 Å². The Hall–Kier alpha value is -2.76. The third kappa shape index (κ3) is 5.43. The van der Waals surface area contributed by atoms with E-state index in [4.69, 9.17) is 9.47 Å². The molecule has 0 atom stereocenters. The number of hydrogen-bond acceptors (Lipinski definition) is 6. The summed E-state index contributed by atoms with van der Waals surface area (Å²) >= 11 is 0. The molecule has 1 N–H and O–H groups in total. The van der Waals surface area contributed by atoms with Gasteiger partial charge in [0, 0.05) is 0 Å². The number of carbonyl (C=O) groups excluding carboxylic acids is 1. The van der Waals surface area contributed by atoms with Crippen LogP contribution in [0.3, 0.4) is 0 Å². The highest BCUT2D eigenvalue weighted by Gasteiger charge is 2.32. The van der Waals surface area contributed by atoms with Crippen LogP contribution in [-0.4, -0.2) is 59.0 Å². The second-order valence-electron chi connectivity index (χ2n) is 7.49. The number of aliphatic hydroxyl groups excluding tert-OH is 1. The molecule has 1 aliphatic carbocycles. The SMILES string of the molecule is COC1=C(OC)C(O)=C=C(CN(CC#C[Si](C)(C)C)S(=O)(=O)c2ccccc2)C1=O. The third-order valence-corrected chi connectivity index (χ3v) is 6.75. The Kier molecular flexibility index (Phi) is 7.34. The van der Waals surface area contributed by atoms with E-state index in [1.165, 1.54) is 26.4 Å². The summed E-state index contributed by atoms with van der Waals surface area (Å²) in [4.78, 5) is 12.8. The topological polar surface area (TPSA) is 93.1 Å². The van der Waals surface area contributed by atoms with Gasteiger partial charge in [0.15, 0.2) is 0 Å². The van der Waals surface area contributed by atoms with Crippen molar-refractivity contribution in [2.75, 3.05) is 27.3 Å². The van der Waals surface area contributed by atoms with Crippen molar-refractivity contribution in [3.05, 3.63) is 58.9 Å². The van der Waals surface area contributed by atoms with Crippen LogP contribution >= 0.6 is 0 Å². The lowest BCUT2D eigenvalue weighted by molar-refractivity contribution is -0.115. The number of allylic oxidation sites excluding steroid dienone is 1. The maximum absolute atomic E-state index is 13.2. The summed E-state index contributed by atoms with van der Waals surface area (Å²) in [6.45, 7) is 5.71. The molecule has 0 saturated heterocycles. The van der Waals surface area contributed by atoms with Gasteiger partial charge >= 0.3 is 0 Å². The van der Waals surface area contributed by atoms with Crippen molar-refractivity contribution >= 4 is 23.9 Å². The second kappa shape index (κ2) is 9.37. The van der Waals surface area contributed by atoms with Gasteiger partial charge in [0.05, 0.1) is 37.8 Å². The minimum absolute atomic E-state index is 0.0699.